The van der Waals surface area contributed by atoms with Crippen LogP contribution in [0.15, 0.2) is 29.5 Å². The average Bonchev–Trinajstić information content (AvgIpc) is 2.42. The quantitative estimate of drug-likeness (QED) is 0.606. The van der Waals surface area contributed by atoms with Crippen LogP contribution in [0, 0.1) is 13.8 Å². The molecule has 0 aromatic heterocycles. The summed E-state index contributed by atoms with van der Waals surface area (Å²) >= 11 is 0. The van der Waals surface area contributed by atoms with E-state index in [0.29, 0.717) is 18.4 Å². The van der Waals surface area contributed by atoms with E-state index in [9.17, 15) is 15.3 Å². The van der Waals surface area contributed by atoms with E-state index < -0.39 is 12.2 Å². The second-order valence-electron chi connectivity index (χ2n) is 5.42. The third kappa shape index (κ3) is 5.37. The standard InChI is InChI=1S/C17H24O4/c1-11-7-15(8-12(2)17(11)21)16(20)6-4-5-14(10-18)9-13(3)19/h4,7-8,13,16,18-21H,6,9-10H2,1-3H3/t5?,13-,16+/m0/s1. The molecule has 1 aromatic carbocycles. The van der Waals surface area contributed by atoms with E-state index in [1.807, 2.05) is 0 Å². The maximum Gasteiger partial charge on any atom is 0.121 e. The third-order valence-corrected chi connectivity index (χ3v) is 3.28. The summed E-state index contributed by atoms with van der Waals surface area (Å²) in [6, 6.07) is 3.51. The lowest BCUT2D eigenvalue weighted by molar-refractivity contribution is 0.181. The summed E-state index contributed by atoms with van der Waals surface area (Å²) in [7, 11) is 0. The number of phenolic OH excluding ortho intramolecular Hbond substituents is 1. The number of rotatable bonds is 6. The predicted molar refractivity (Wildman–Crippen MR) is 82.1 cm³/mol. The Morgan fingerprint density at radius 1 is 1.24 bits per heavy atom. The van der Waals surface area contributed by atoms with Gasteiger partial charge in [-0.15, -0.1) is 5.73 Å². The van der Waals surface area contributed by atoms with Gasteiger partial charge >= 0.3 is 0 Å². The summed E-state index contributed by atoms with van der Waals surface area (Å²) in [5.41, 5.74) is 5.72. The van der Waals surface area contributed by atoms with Crippen molar-refractivity contribution in [3.05, 3.63) is 46.2 Å². The van der Waals surface area contributed by atoms with Crippen LogP contribution in [0.1, 0.15) is 42.6 Å². The van der Waals surface area contributed by atoms with Gasteiger partial charge in [-0.25, -0.2) is 0 Å². The van der Waals surface area contributed by atoms with Crippen LogP contribution in [0.4, 0.5) is 0 Å². The molecule has 0 aliphatic heterocycles. The summed E-state index contributed by atoms with van der Waals surface area (Å²) in [6.45, 7) is 5.07. The van der Waals surface area contributed by atoms with E-state index in [4.69, 9.17) is 5.11 Å². The van der Waals surface area contributed by atoms with Crippen molar-refractivity contribution < 1.29 is 20.4 Å². The molecule has 0 amide bonds. The largest absolute Gasteiger partial charge is 0.507 e. The van der Waals surface area contributed by atoms with Crippen LogP contribution >= 0.6 is 0 Å². The molecule has 2 atom stereocenters. The molecular formula is C17H24O4. The SMILES string of the molecule is Cc1cc([C@H](O)CC=C=C(CO)C[C@H](C)O)cc(C)c1O. The van der Waals surface area contributed by atoms with Gasteiger partial charge in [0.15, 0.2) is 0 Å². The molecule has 0 bridgehead atoms. The van der Waals surface area contributed by atoms with Gasteiger partial charge < -0.3 is 20.4 Å². The van der Waals surface area contributed by atoms with Gasteiger partial charge in [-0.1, -0.05) is 0 Å². The highest BCUT2D eigenvalue weighted by Crippen LogP contribution is 2.27. The summed E-state index contributed by atoms with van der Waals surface area (Å²) in [5.74, 6) is 0.251. The normalized spacial score (nSPS) is 13.4. The molecule has 0 saturated heterocycles. The molecule has 4 heteroatoms. The van der Waals surface area contributed by atoms with E-state index in [1.54, 1.807) is 39.0 Å². The minimum Gasteiger partial charge on any atom is -0.507 e. The lowest BCUT2D eigenvalue weighted by atomic mass is 10.00. The zero-order chi connectivity index (χ0) is 16.0. The molecular weight excluding hydrogens is 268 g/mol. The number of aromatic hydroxyl groups is 1. The number of aliphatic hydroxyl groups is 3. The molecule has 4 N–H and O–H groups in total. The Labute approximate surface area is 125 Å². The second-order valence-corrected chi connectivity index (χ2v) is 5.42. The number of aryl methyl sites for hydroxylation is 2. The van der Waals surface area contributed by atoms with Crippen molar-refractivity contribution in [2.45, 2.75) is 45.8 Å². The molecule has 0 unspecified atom stereocenters. The molecule has 0 spiro atoms. The first-order valence-electron chi connectivity index (χ1n) is 7.05. The van der Waals surface area contributed by atoms with Gasteiger partial charge in [-0.3, -0.25) is 0 Å². The molecule has 0 aliphatic rings. The van der Waals surface area contributed by atoms with Crippen molar-refractivity contribution in [2.75, 3.05) is 6.61 Å². The first-order valence-corrected chi connectivity index (χ1v) is 7.05. The smallest absolute Gasteiger partial charge is 0.121 e. The number of benzene rings is 1. The highest BCUT2D eigenvalue weighted by Gasteiger charge is 2.10. The van der Waals surface area contributed by atoms with Crippen molar-refractivity contribution in [3.8, 4) is 5.75 Å². The first-order chi connectivity index (χ1) is 9.85. The lowest BCUT2D eigenvalue weighted by Gasteiger charge is -2.12. The van der Waals surface area contributed by atoms with E-state index in [-0.39, 0.29) is 12.4 Å². The number of hydrogen-bond acceptors (Lipinski definition) is 4. The van der Waals surface area contributed by atoms with Crippen LogP contribution in [0.5, 0.6) is 5.75 Å². The highest BCUT2D eigenvalue weighted by molar-refractivity contribution is 5.42. The van der Waals surface area contributed by atoms with Gasteiger partial charge in [0.25, 0.3) is 0 Å². The number of hydrogen-bond donors (Lipinski definition) is 4. The van der Waals surface area contributed by atoms with Crippen molar-refractivity contribution in [1.82, 2.24) is 0 Å². The van der Waals surface area contributed by atoms with Gasteiger partial charge in [0, 0.05) is 12.8 Å². The van der Waals surface area contributed by atoms with Gasteiger partial charge in [-0.2, -0.15) is 0 Å². The predicted octanol–water partition coefficient (Wildman–Crippen LogP) is 2.28. The highest BCUT2D eigenvalue weighted by atomic mass is 16.3. The molecule has 21 heavy (non-hydrogen) atoms. The Morgan fingerprint density at radius 2 is 1.81 bits per heavy atom. The Hall–Kier alpha value is -1.58. The fourth-order valence-corrected chi connectivity index (χ4v) is 2.16. The number of aliphatic hydroxyl groups excluding tert-OH is 3. The van der Waals surface area contributed by atoms with Crippen molar-refractivity contribution in [2.24, 2.45) is 0 Å². The molecule has 4 nitrogen and oxygen atoms in total. The van der Waals surface area contributed by atoms with E-state index >= 15 is 0 Å². The Morgan fingerprint density at radius 3 is 2.29 bits per heavy atom. The molecule has 116 valence electrons. The van der Waals surface area contributed by atoms with Crippen molar-refractivity contribution in [3.63, 3.8) is 0 Å². The van der Waals surface area contributed by atoms with Crippen LogP contribution < -0.4 is 0 Å². The molecule has 0 radical (unpaired) electrons. The van der Waals surface area contributed by atoms with Crippen LogP contribution in [0.2, 0.25) is 0 Å². The van der Waals surface area contributed by atoms with Gasteiger partial charge in [0.05, 0.1) is 18.8 Å². The van der Waals surface area contributed by atoms with E-state index in [2.05, 4.69) is 5.73 Å². The van der Waals surface area contributed by atoms with Crippen LogP contribution in [0.3, 0.4) is 0 Å². The van der Waals surface area contributed by atoms with E-state index in [0.717, 1.165) is 16.7 Å². The van der Waals surface area contributed by atoms with Gasteiger partial charge in [0.2, 0.25) is 0 Å². The fourth-order valence-electron chi connectivity index (χ4n) is 2.16. The summed E-state index contributed by atoms with van der Waals surface area (Å²) < 4.78 is 0. The molecule has 0 saturated carbocycles. The first kappa shape index (κ1) is 17.5. The third-order valence-electron chi connectivity index (χ3n) is 3.28. The van der Waals surface area contributed by atoms with Crippen LogP contribution in [-0.4, -0.2) is 33.1 Å². The molecule has 1 aromatic rings. The molecule has 0 aliphatic carbocycles. The minimum absolute atomic E-state index is 0.158. The Kier molecular flexibility index (Phi) is 6.66. The average molecular weight is 292 g/mol. The van der Waals surface area contributed by atoms with Crippen LogP contribution in [0.25, 0.3) is 0 Å². The molecule has 1 rings (SSSR count). The monoisotopic (exact) mass is 292 g/mol. The maximum atomic E-state index is 10.2. The lowest BCUT2D eigenvalue weighted by Crippen LogP contribution is -2.03. The summed E-state index contributed by atoms with van der Waals surface area (Å²) in [4.78, 5) is 0. The Bertz CT molecular complexity index is 517. The van der Waals surface area contributed by atoms with Crippen molar-refractivity contribution in [1.29, 1.82) is 0 Å². The summed E-state index contributed by atoms with van der Waals surface area (Å²) in [5, 5.41) is 38.3. The fraction of sp³-hybridized carbons (Fsp3) is 0.471. The Balaban J connectivity index is 2.82. The molecule has 0 heterocycles. The van der Waals surface area contributed by atoms with Gasteiger partial charge in [-0.05, 0) is 61.2 Å². The zero-order valence-electron chi connectivity index (χ0n) is 12.8. The topological polar surface area (TPSA) is 80.9 Å². The molecule has 0 fully saturated rings. The van der Waals surface area contributed by atoms with Crippen molar-refractivity contribution >= 4 is 0 Å². The zero-order valence-corrected chi connectivity index (χ0v) is 12.8. The maximum absolute atomic E-state index is 10.2. The van der Waals surface area contributed by atoms with Crippen LogP contribution in [-0.2, 0) is 0 Å². The van der Waals surface area contributed by atoms with E-state index in [1.165, 1.54) is 0 Å². The van der Waals surface area contributed by atoms with Gasteiger partial charge in [0.1, 0.15) is 5.75 Å². The minimum atomic E-state index is -0.693. The summed E-state index contributed by atoms with van der Waals surface area (Å²) in [6.07, 6.45) is 1.16. The second kappa shape index (κ2) is 8.01. The number of phenols is 1.